The number of ether oxygens (including phenoxy) is 2. The van der Waals surface area contributed by atoms with E-state index in [9.17, 15) is 9.59 Å². The van der Waals surface area contributed by atoms with Gasteiger partial charge in [0.15, 0.2) is 6.61 Å². The standard InChI is InChI=1S/C22H26N2O4S/c1-27-19-8-4-3-7-18(19)23-10-12-24(13-11-23)21(25)14-28-22(26)17-15-29-20-9-5-2-6-16(17)20/h3-4,7-8,15H,2,5-6,9-14H2,1H3. The van der Waals surface area contributed by atoms with Gasteiger partial charge in [-0.15, -0.1) is 11.3 Å². The fourth-order valence-electron chi connectivity index (χ4n) is 4.05. The number of rotatable bonds is 5. The number of amides is 1. The number of hydrogen-bond donors (Lipinski definition) is 0. The van der Waals surface area contributed by atoms with Crippen molar-refractivity contribution in [1.82, 2.24) is 4.90 Å². The Morgan fingerprint density at radius 1 is 1.07 bits per heavy atom. The Morgan fingerprint density at radius 3 is 2.62 bits per heavy atom. The maximum atomic E-state index is 12.5. The highest BCUT2D eigenvalue weighted by Crippen LogP contribution is 2.31. The van der Waals surface area contributed by atoms with Gasteiger partial charge in [-0.2, -0.15) is 0 Å². The molecule has 1 aromatic carbocycles. The van der Waals surface area contributed by atoms with Crippen LogP contribution in [0.25, 0.3) is 0 Å². The number of esters is 1. The van der Waals surface area contributed by atoms with Crippen molar-refractivity contribution in [3.63, 3.8) is 0 Å². The number of methoxy groups -OCH3 is 1. The molecule has 0 unspecified atom stereocenters. The molecule has 1 amide bonds. The molecule has 1 fully saturated rings. The highest BCUT2D eigenvalue weighted by Gasteiger charge is 2.25. The molecule has 154 valence electrons. The summed E-state index contributed by atoms with van der Waals surface area (Å²) in [6.45, 7) is 2.44. The van der Waals surface area contributed by atoms with E-state index < -0.39 is 0 Å². The Labute approximate surface area is 175 Å². The SMILES string of the molecule is COc1ccccc1N1CCN(C(=O)COC(=O)c2csc3c2CCCC3)CC1. The van der Waals surface area contributed by atoms with Crippen molar-refractivity contribution in [3.8, 4) is 5.75 Å². The van der Waals surface area contributed by atoms with Crippen LogP contribution in [0.3, 0.4) is 0 Å². The second kappa shape index (κ2) is 8.86. The highest BCUT2D eigenvalue weighted by molar-refractivity contribution is 7.10. The zero-order valence-electron chi connectivity index (χ0n) is 16.7. The molecule has 6 nitrogen and oxygen atoms in total. The van der Waals surface area contributed by atoms with Crippen molar-refractivity contribution in [2.45, 2.75) is 25.7 Å². The van der Waals surface area contributed by atoms with Gasteiger partial charge in [0, 0.05) is 36.4 Å². The molecule has 0 radical (unpaired) electrons. The first kappa shape index (κ1) is 19.8. The van der Waals surface area contributed by atoms with E-state index >= 15 is 0 Å². The van der Waals surface area contributed by atoms with Gasteiger partial charge >= 0.3 is 5.97 Å². The maximum Gasteiger partial charge on any atom is 0.339 e. The number of aryl methyl sites for hydroxylation is 1. The Hall–Kier alpha value is -2.54. The molecule has 0 N–H and O–H groups in total. The number of carbonyl (C=O) groups is 2. The lowest BCUT2D eigenvalue weighted by Crippen LogP contribution is -2.50. The minimum absolute atomic E-state index is 0.137. The molecule has 1 aliphatic heterocycles. The van der Waals surface area contributed by atoms with Crippen molar-refractivity contribution in [2.24, 2.45) is 0 Å². The van der Waals surface area contributed by atoms with Gasteiger partial charge in [-0.3, -0.25) is 4.79 Å². The first-order valence-electron chi connectivity index (χ1n) is 10.1. The molecule has 1 aromatic heterocycles. The second-order valence-corrected chi connectivity index (χ2v) is 8.34. The number of thiophene rings is 1. The molecule has 29 heavy (non-hydrogen) atoms. The molecular formula is C22H26N2O4S. The fourth-order valence-corrected chi connectivity index (χ4v) is 5.16. The Balaban J connectivity index is 1.29. The van der Waals surface area contributed by atoms with Crippen LogP contribution in [0.2, 0.25) is 0 Å². The Kier molecular flexibility index (Phi) is 6.04. The molecule has 2 aromatic rings. The molecule has 2 heterocycles. The fraction of sp³-hybridized carbons (Fsp3) is 0.455. The summed E-state index contributed by atoms with van der Waals surface area (Å²) in [4.78, 5) is 30.3. The van der Waals surface area contributed by atoms with Crippen LogP contribution >= 0.6 is 11.3 Å². The van der Waals surface area contributed by atoms with Crippen LogP contribution in [0.4, 0.5) is 5.69 Å². The van der Waals surface area contributed by atoms with Gasteiger partial charge < -0.3 is 19.3 Å². The lowest BCUT2D eigenvalue weighted by Gasteiger charge is -2.36. The third-order valence-electron chi connectivity index (χ3n) is 5.67. The minimum atomic E-state index is -0.370. The van der Waals surface area contributed by atoms with Crippen LogP contribution in [-0.2, 0) is 22.4 Å². The molecule has 0 saturated carbocycles. The first-order valence-corrected chi connectivity index (χ1v) is 11.0. The molecule has 1 saturated heterocycles. The molecule has 2 aliphatic rings. The largest absolute Gasteiger partial charge is 0.495 e. The van der Waals surface area contributed by atoms with Crippen molar-refractivity contribution in [2.75, 3.05) is 44.8 Å². The van der Waals surface area contributed by atoms with Gasteiger partial charge in [-0.05, 0) is 43.4 Å². The predicted octanol–water partition coefficient (Wildman–Crippen LogP) is 3.14. The topological polar surface area (TPSA) is 59.1 Å². The minimum Gasteiger partial charge on any atom is -0.495 e. The number of fused-ring (bicyclic) bond motifs is 1. The van der Waals surface area contributed by atoms with Crippen LogP contribution in [-0.4, -0.2) is 56.7 Å². The summed E-state index contributed by atoms with van der Waals surface area (Å²) in [5.74, 6) is 0.327. The molecular weight excluding hydrogens is 388 g/mol. The maximum absolute atomic E-state index is 12.5. The van der Waals surface area contributed by atoms with Gasteiger partial charge in [0.2, 0.25) is 0 Å². The van der Waals surface area contributed by atoms with Gasteiger partial charge in [-0.1, -0.05) is 12.1 Å². The number of para-hydroxylation sites is 2. The molecule has 1 aliphatic carbocycles. The average Bonchev–Trinajstić information content (AvgIpc) is 3.21. The smallest absolute Gasteiger partial charge is 0.339 e. The summed E-state index contributed by atoms with van der Waals surface area (Å²) >= 11 is 1.63. The van der Waals surface area contributed by atoms with Gasteiger partial charge in [0.1, 0.15) is 5.75 Å². The summed E-state index contributed by atoms with van der Waals surface area (Å²) in [5.41, 5.74) is 2.82. The number of piperazine rings is 1. The molecule has 0 atom stereocenters. The van der Waals surface area contributed by atoms with E-state index in [1.807, 2.05) is 29.6 Å². The van der Waals surface area contributed by atoms with Gasteiger partial charge in [-0.25, -0.2) is 4.79 Å². The molecule has 0 spiro atoms. The van der Waals surface area contributed by atoms with E-state index in [0.29, 0.717) is 18.7 Å². The summed E-state index contributed by atoms with van der Waals surface area (Å²) in [5, 5.41) is 1.88. The first-order chi connectivity index (χ1) is 14.2. The second-order valence-electron chi connectivity index (χ2n) is 7.37. The van der Waals surface area contributed by atoms with E-state index in [1.54, 1.807) is 23.3 Å². The van der Waals surface area contributed by atoms with E-state index in [4.69, 9.17) is 9.47 Å². The Bertz CT molecular complexity index is 887. The lowest BCUT2D eigenvalue weighted by atomic mass is 9.96. The van der Waals surface area contributed by atoms with Crippen molar-refractivity contribution in [1.29, 1.82) is 0 Å². The van der Waals surface area contributed by atoms with E-state index in [-0.39, 0.29) is 18.5 Å². The summed E-state index contributed by atoms with van der Waals surface area (Å²) in [6.07, 6.45) is 4.27. The van der Waals surface area contributed by atoms with Crippen LogP contribution < -0.4 is 9.64 Å². The van der Waals surface area contributed by atoms with Crippen LogP contribution in [0.5, 0.6) is 5.75 Å². The third-order valence-corrected chi connectivity index (χ3v) is 6.75. The summed E-state index contributed by atoms with van der Waals surface area (Å²) < 4.78 is 10.8. The van der Waals surface area contributed by atoms with Gasteiger partial charge in [0.25, 0.3) is 5.91 Å². The highest BCUT2D eigenvalue weighted by atomic mass is 32.1. The summed E-state index contributed by atoms with van der Waals surface area (Å²) in [6, 6.07) is 7.90. The average molecular weight is 415 g/mol. The van der Waals surface area contributed by atoms with E-state index in [1.165, 1.54) is 11.3 Å². The molecule has 0 bridgehead atoms. The van der Waals surface area contributed by atoms with Crippen LogP contribution in [0.1, 0.15) is 33.6 Å². The van der Waals surface area contributed by atoms with Crippen LogP contribution in [0.15, 0.2) is 29.6 Å². The van der Waals surface area contributed by atoms with Crippen LogP contribution in [0, 0.1) is 0 Å². The lowest BCUT2D eigenvalue weighted by molar-refractivity contribution is -0.134. The van der Waals surface area contributed by atoms with E-state index in [2.05, 4.69) is 4.90 Å². The monoisotopic (exact) mass is 414 g/mol. The normalized spacial score (nSPS) is 16.3. The predicted molar refractivity (Wildman–Crippen MR) is 113 cm³/mol. The quantitative estimate of drug-likeness (QED) is 0.704. The Morgan fingerprint density at radius 2 is 1.83 bits per heavy atom. The van der Waals surface area contributed by atoms with Crippen molar-refractivity contribution >= 4 is 28.9 Å². The third kappa shape index (κ3) is 4.24. The zero-order valence-corrected chi connectivity index (χ0v) is 17.5. The van der Waals surface area contributed by atoms with Gasteiger partial charge in [0.05, 0.1) is 18.4 Å². The number of hydrogen-bond acceptors (Lipinski definition) is 6. The van der Waals surface area contributed by atoms with Crippen molar-refractivity contribution < 1.29 is 19.1 Å². The molecule has 4 rings (SSSR count). The number of anilines is 1. The molecule has 7 heteroatoms. The number of carbonyl (C=O) groups excluding carboxylic acids is 2. The zero-order chi connectivity index (χ0) is 20.2. The van der Waals surface area contributed by atoms with E-state index in [0.717, 1.165) is 49.4 Å². The summed E-state index contributed by atoms with van der Waals surface area (Å²) in [7, 11) is 1.66. The number of benzene rings is 1. The number of nitrogens with zero attached hydrogens (tertiary/aromatic N) is 2. The van der Waals surface area contributed by atoms with Crippen molar-refractivity contribution in [3.05, 3.63) is 45.6 Å².